The summed E-state index contributed by atoms with van der Waals surface area (Å²) in [6.07, 6.45) is -0.114. The predicted molar refractivity (Wildman–Crippen MR) is 134 cm³/mol. The number of benzene rings is 2. The molecule has 1 heterocycles. The normalized spacial score (nSPS) is 13.2. The third-order valence-electron chi connectivity index (χ3n) is 6.01. The fraction of sp³-hybridized carbons (Fsp3) is 0.321. The molecule has 1 aliphatic rings. The van der Waals surface area contributed by atoms with E-state index >= 15 is 0 Å². The Morgan fingerprint density at radius 2 is 1.59 bits per heavy atom. The highest BCUT2D eigenvalue weighted by molar-refractivity contribution is 5.96. The quantitative estimate of drug-likeness (QED) is 0.485. The Kier molecular flexibility index (Phi) is 6.96. The minimum Gasteiger partial charge on any atom is -0.449 e. The molecule has 0 aliphatic heterocycles. The molecule has 6 nitrogen and oxygen atoms in total. The van der Waals surface area contributed by atoms with E-state index < -0.39 is 12.1 Å². The van der Waals surface area contributed by atoms with Gasteiger partial charge in [-0.15, -0.1) is 0 Å². The number of fused-ring (bicyclic) bond motifs is 3. The number of hydrogen-bond donors (Lipinski definition) is 2. The molecule has 4 rings (SSSR count). The molecule has 1 aromatic heterocycles. The van der Waals surface area contributed by atoms with E-state index in [1.165, 1.54) is 11.1 Å². The number of aryl methyl sites for hydroxylation is 2. The number of hydrogen-bond acceptors (Lipinski definition) is 4. The highest BCUT2D eigenvalue weighted by atomic mass is 16.5. The van der Waals surface area contributed by atoms with Crippen LogP contribution in [0.25, 0.3) is 11.1 Å². The van der Waals surface area contributed by atoms with Gasteiger partial charge in [0.1, 0.15) is 18.5 Å². The van der Waals surface area contributed by atoms with Crippen molar-refractivity contribution in [1.29, 1.82) is 0 Å². The van der Waals surface area contributed by atoms with Crippen molar-refractivity contribution >= 4 is 17.8 Å². The van der Waals surface area contributed by atoms with E-state index in [1.807, 2.05) is 64.1 Å². The molecular formula is C28H31N3O3. The lowest BCUT2D eigenvalue weighted by molar-refractivity contribution is -0.118. The van der Waals surface area contributed by atoms with E-state index in [0.29, 0.717) is 12.2 Å². The molecule has 0 fully saturated rings. The number of amides is 2. The maximum absolute atomic E-state index is 13.0. The Hall–Kier alpha value is -3.67. The maximum atomic E-state index is 13.0. The summed E-state index contributed by atoms with van der Waals surface area (Å²) in [5, 5.41) is 5.61. The van der Waals surface area contributed by atoms with Crippen LogP contribution in [0.1, 0.15) is 48.6 Å². The fourth-order valence-corrected chi connectivity index (χ4v) is 4.60. The second-order valence-electron chi connectivity index (χ2n) is 9.31. The van der Waals surface area contributed by atoms with E-state index in [0.717, 1.165) is 22.4 Å². The molecule has 2 N–H and O–H groups in total. The van der Waals surface area contributed by atoms with Crippen LogP contribution in [0.2, 0.25) is 0 Å². The number of anilines is 1. The van der Waals surface area contributed by atoms with Crippen LogP contribution in [0.3, 0.4) is 0 Å². The van der Waals surface area contributed by atoms with Gasteiger partial charge in [-0.25, -0.2) is 9.78 Å². The largest absolute Gasteiger partial charge is 0.449 e. The van der Waals surface area contributed by atoms with Crippen LogP contribution in [0, 0.1) is 19.8 Å². The van der Waals surface area contributed by atoms with E-state index in [2.05, 4.69) is 39.9 Å². The third kappa shape index (κ3) is 5.28. The number of pyridine rings is 1. The van der Waals surface area contributed by atoms with Gasteiger partial charge in [-0.2, -0.15) is 0 Å². The lowest BCUT2D eigenvalue weighted by Crippen LogP contribution is -2.45. The third-order valence-corrected chi connectivity index (χ3v) is 6.01. The Bertz CT molecular complexity index is 1140. The first-order valence-electron chi connectivity index (χ1n) is 11.7. The second-order valence-corrected chi connectivity index (χ2v) is 9.31. The topological polar surface area (TPSA) is 80.3 Å². The molecule has 0 spiro atoms. The highest BCUT2D eigenvalue weighted by Crippen LogP contribution is 2.44. The van der Waals surface area contributed by atoms with Crippen LogP contribution in [0.4, 0.5) is 10.6 Å². The molecule has 176 valence electrons. The zero-order valence-electron chi connectivity index (χ0n) is 20.1. The van der Waals surface area contributed by atoms with Gasteiger partial charge < -0.3 is 15.4 Å². The molecule has 2 aromatic carbocycles. The van der Waals surface area contributed by atoms with Gasteiger partial charge in [0, 0.05) is 11.6 Å². The molecule has 0 radical (unpaired) electrons. The average Bonchev–Trinajstić information content (AvgIpc) is 3.10. The van der Waals surface area contributed by atoms with Crippen LogP contribution in [-0.2, 0) is 9.53 Å². The zero-order chi connectivity index (χ0) is 24.2. The summed E-state index contributed by atoms with van der Waals surface area (Å²) in [4.78, 5) is 30.1. The first-order valence-corrected chi connectivity index (χ1v) is 11.7. The molecule has 1 atom stereocenters. The second kappa shape index (κ2) is 10.1. The van der Waals surface area contributed by atoms with E-state index in [9.17, 15) is 9.59 Å². The van der Waals surface area contributed by atoms with Crippen LogP contribution in [0.5, 0.6) is 0 Å². The van der Waals surface area contributed by atoms with E-state index in [4.69, 9.17) is 4.74 Å². The first kappa shape index (κ1) is 23.5. The maximum Gasteiger partial charge on any atom is 0.407 e. The Labute approximate surface area is 200 Å². The zero-order valence-corrected chi connectivity index (χ0v) is 20.1. The minimum absolute atomic E-state index is 0.0324. The number of alkyl carbamates (subject to hydrolysis) is 1. The highest BCUT2D eigenvalue weighted by Gasteiger charge is 2.30. The fourth-order valence-electron chi connectivity index (χ4n) is 4.60. The molecule has 0 saturated heterocycles. The Morgan fingerprint density at radius 3 is 2.18 bits per heavy atom. The molecule has 1 aliphatic carbocycles. The van der Waals surface area contributed by atoms with Gasteiger partial charge in [-0.3, -0.25) is 4.79 Å². The Balaban J connectivity index is 1.43. The molecule has 34 heavy (non-hydrogen) atoms. The van der Waals surface area contributed by atoms with Gasteiger partial charge in [0.25, 0.3) is 0 Å². The van der Waals surface area contributed by atoms with Crippen molar-refractivity contribution in [1.82, 2.24) is 10.3 Å². The summed E-state index contributed by atoms with van der Waals surface area (Å²) in [6, 6.07) is 19.4. The van der Waals surface area contributed by atoms with Gasteiger partial charge in [0.05, 0.1) is 0 Å². The van der Waals surface area contributed by atoms with Crippen molar-refractivity contribution in [3.05, 3.63) is 83.0 Å². The summed E-state index contributed by atoms with van der Waals surface area (Å²) in [6.45, 7) is 8.05. The number of aromatic nitrogens is 1. The number of carbonyl (C=O) groups excluding carboxylic acids is 2. The lowest BCUT2D eigenvalue weighted by Gasteiger charge is -2.21. The van der Waals surface area contributed by atoms with Gasteiger partial charge in [0.2, 0.25) is 5.91 Å². The minimum atomic E-state index is -0.724. The van der Waals surface area contributed by atoms with E-state index in [1.54, 1.807) is 0 Å². The molecule has 0 unspecified atom stereocenters. The smallest absolute Gasteiger partial charge is 0.407 e. The van der Waals surface area contributed by atoms with Crippen molar-refractivity contribution < 1.29 is 14.3 Å². The lowest BCUT2D eigenvalue weighted by atomic mass is 9.98. The van der Waals surface area contributed by atoms with Gasteiger partial charge in [-0.1, -0.05) is 62.4 Å². The average molecular weight is 458 g/mol. The van der Waals surface area contributed by atoms with Crippen molar-refractivity contribution in [2.45, 2.75) is 46.1 Å². The molecule has 0 saturated carbocycles. The number of ether oxygens (including phenoxy) is 1. The number of rotatable bonds is 7. The van der Waals surface area contributed by atoms with Gasteiger partial charge in [-0.05, 0) is 66.1 Å². The van der Waals surface area contributed by atoms with Gasteiger partial charge >= 0.3 is 6.09 Å². The summed E-state index contributed by atoms with van der Waals surface area (Å²) in [5.41, 5.74) is 6.46. The summed E-state index contributed by atoms with van der Waals surface area (Å²) < 4.78 is 5.64. The summed E-state index contributed by atoms with van der Waals surface area (Å²) in [7, 11) is 0. The summed E-state index contributed by atoms with van der Waals surface area (Å²) in [5.74, 6) is 0.345. The van der Waals surface area contributed by atoms with Crippen LogP contribution >= 0.6 is 0 Å². The molecular weight excluding hydrogens is 426 g/mol. The van der Waals surface area contributed by atoms with Crippen molar-refractivity contribution in [2.24, 2.45) is 5.92 Å². The number of carbonyl (C=O) groups is 2. The standard InChI is InChI=1S/C28H31N3O3/c1-17(2)13-25(27(32)31-26-15-18(3)14-19(4)29-26)30-28(33)34-16-24-22-11-7-5-9-20(22)21-10-6-8-12-23(21)24/h5-12,14-15,17,24-25H,13,16H2,1-4H3,(H,30,33)(H,29,31,32)/t25-/m0/s1. The van der Waals surface area contributed by atoms with E-state index in [-0.39, 0.29) is 24.3 Å². The predicted octanol–water partition coefficient (Wildman–Crippen LogP) is 5.59. The van der Waals surface area contributed by atoms with Crippen molar-refractivity contribution in [3.63, 3.8) is 0 Å². The summed E-state index contributed by atoms with van der Waals surface area (Å²) >= 11 is 0. The van der Waals surface area contributed by atoms with Crippen molar-refractivity contribution in [2.75, 3.05) is 11.9 Å². The molecule has 2 amide bonds. The number of nitrogens with one attached hydrogen (secondary N) is 2. The SMILES string of the molecule is Cc1cc(C)nc(NC(=O)[C@H](CC(C)C)NC(=O)OCC2c3ccccc3-c3ccccc32)c1. The molecule has 3 aromatic rings. The van der Waals surface area contributed by atoms with Crippen LogP contribution < -0.4 is 10.6 Å². The van der Waals surface area contributed by atoms with Crippen molar-refractivity contribution in [3.8, 4) is 11.1 Å². The van der Waals surface area contributed by atoms with Crippen LogP contribution in [0.15, 0.2) is 60.7 Å². The molecule has 0 bridgehead atoms. The van der Waals surface area contributed by atoms with Crippen LogP contribution in [-0.4, -0.2) is 29.6 Å². The number of nitrogens with zero attached hydrogens (tertiary/aromatic N) is 1. The Morgan fingerprint density at radius 1 is 0.971 bits per heavy atom. The first-order chi connectivity index (χ1) is 16.3. The van der Waals surface area contributed by atoms with Gasteiger partial charge in [0.15, 0.2) is 0 Å². The monoisotopic (exact) mass is 457 g/mol. The molecule has 6 heteroatoms.